The summed E-state index contributed by atoms with van der Waals surface area (Å²) in [5.41, 5.74) is 3.43. The smallest absolute Gasteiger partial charge is 0.253 e. The molecule has 1 aromatic heterocycles. The van der Waals surface area contributed by atoms with Gasteiger partial charge in [-0.2, -0.15) is 0 Å². The molecule has 3 rings (SSSR count). The van der Waals surface area contributed by atoms with Crippen LogP contribution in [0.3, 0.4) is 0 Å². The lowest BCUT2D eigenvalue weighted by atomic mass is 9.95. The molecule has 0 unspecified atom stereocenters. The van der Waals surface area contributed by atoms with Crippen molar-refractivity contribution in [2.75, 3.05) is 34.5 Å². The summed E-state index contributed by atoms with van der Waals surface area (Å²) in [5, 5.41) is 2.77. The Kier molecular flexibility index (Phi) is 5.27. The molecule has 2 aromatic rings. The maximum Gasteiger partial charge on any atom is 0.253 e. The number of carbonyl (C=O) groups is 2. The van der Waals surface area contributed by atoms with Crippen molar-refractivity contribution in [2.24, 2.45) is 0 Å². The van der Waals surface area contributed by atoms with Gasteiger partial charge in [0.1, 0.15) is 0 Å². The number of aryl methyl sites for hydroxylation is 2. The van der Waals surface area contributed by atoms with Crippen molar-refractivity contribution in [3.8, 4) is 22.8 Å². The fourth-order valence-electron chi connectivity index (χ4n) is 3.30. The molecule has 138 valence electrons. The molecule has 1 aliphatic rings. The second-order valence-electron chi connectivity index (χ2n) is 5.98. The molecule has 0 radical (unpaired) electrons. The predicted molar refractivity (Wildman–Crippen MR) is 96.3 cm³/mol. The van der Waals surface area contributed by atoms with Crippen LogP contribution in [0.2, 0.25) is 0 Å². The zero-order chi connectivity index (χ0) is 18.7. The van der Waals surface area contributed by atoms with Gasteiger partial charge in [-0.3, -0.25) is 9.59 Å². The summed E-state index contributed by atoms with van der Waals surface area (Å²) in [6, 6.07) is 3.79. The number of benzene rings is 1. The van der Waals surface area contributed by atoms with E-state index in [0.717, 1.165) is 29.5 Å². The number of aldehydes is 1. The van der Waals surface area contributed by atoms with E-state index in [0.29, 0.717) is 42.3 Å². The first-order valence-electron chi connectivity index (χ1n) is 8.35. The average molecular weight is 358 g/mol. The van der Waals surface area contributed by atoms with Gasteiger partial charge in [0.15, 0.2) is 17.8 Å². The van der Waals surface area contributed by atoms with E-state index in [9.17, 15) is 9.59 Å². The van der Waals surface area contributed by atoms with Gasteiger partial charge in [0, 0.05) is 32.0 Å². The zero-order valence-electron chi connectivity index (χ0n) is 15.1. The Bertz CT molecular complexity index is 841. The van der Waals surface area contributed by atoms with E-state index in [-0.39, 0.29) is 5.91 Å². The van der Waals surface area contributed by atoms with Crippen molar-refractivity contribution in [1.82, 2.24) is 9.88 Å². The molecule has 26 heavy (non-hydrogen) atoms. The highest BCUT2D eigenvalue weighted by atomic mass is 16.5. The summed E-state index contributed by atoms with van der Waals surface area (Å²) in [7, 11) is 4.73. The number of nitrogens with one attached hydrogen (secondary N) is 1. The Morgan fingerprint density at radius 3 is 2.62 bits per heavy atom. The van der Waals surface area contributed by atoms with Crippen LogP contribution in [0.1, 0.15) is 26.3 Å². The van der Waals surface area contributed by atoms with Crippen molar-refractivity contribution >= 4 is 12.2 Å². The van der Waals surface area contributed by atoms with Crippen LogP contribution in [0.25, 0.3) is 11.3 Å². The fourth-order valence-corrected chi connectivity index (χ4v) is 3.30. The molecule has 0 saturated heterocycles. The number of methoxy groups -OCH3 is 3. The number of hydrogen-bond donors (Lipinski definition) is 1. The second-order valence-corrected chi connectivity index (χ2v) is 5.98. The van der Waals surface area contributed by atoms with Crippen molar-refractivity contribution in [3.05, 3.63) is 35.0 Å². The number of nitrogens with zero attached hydrogens (tertiary/aromatic N) is 1. The SMILES string of the molecule is COCCNC(=O)c1cn2c(c1C=O)-c1cc(OC)c(OC)cc1CC2. The molecule has 0 fully saturated rings. The summed E-state index contributed by atoms with van der Waals surface area (Å²) >= 11 is 0. The molecule has 1 amide bonds. The maximum atomic E-state index is 12.5. The Morgan fingerprint density at radius 1 is 1.23 bits per heavy atom. The number of amides is 1. The van der Waals surface area contributed by atoms with Crippen LogP contribution in [-0.2, 0) is 17.7 Å². The van der Waals surface area contributed by atoms with E-state index in [2.05, 4.69) is 5.32 Å². The van der Waals surface area contributed by atoms with Gasteiger partial charge >= 0.3 is 0 Å². The predicted octanol–water partition coefficient (Wildman–Crippen LogP) is 1.92. The number of hydrogen-bond acceptors (Lipinski definition) is 5. The van der Waals surface area contributed by atoms with Crippen LogP contribution in [0.5, 0.6) is 11.5 Å². The minimum Gasteiger partial charge on any atom is -0.493 e. The molecule has 1 aromatic carbocycles. The number of rotatable bonds is 7. The van der Waals surface area contributed by atoms with Crippen LogP contribution in [0.4, 0.5) is 0 Å². The van der Waals surface area contributed by atoms with Gasteiger partial charge in [0.2, 0.25) is 0 Å². The molecule has 0 bridgehead atoms. The molecule has 7 nitrogen and oxygen atoms in total. The first kappa shape index (κ1) is 18.0. The number of fused-ring (bicyclic) bond motifs is 3. The van der Waals surface area contributed by atoms with E-state index >= 15 is 0 Å². The van der Waals surface area contributed by atoms with Gasteiger partial charge in [0.05, 0.1) is 37.6 Å². The Labute approximate surface area is 151 Å². The fraction of sp³-hybridized carbons (Fsp3) is 0.368. The standard InChI is InChI=1S/C19H22N2O5/c1-24-7-5-20-19(23)14-10-21-6-4-12-8-16(25-2)17(26-3)9-13(12)18(21)15(14)11-22/h8-11H,4-7H2,1-3H3,(H,20,23). The Balaban J connectivity index is 2.07. The molecule has 1 aliphatic heterocycles. The topological polar surface area (TPSA) is 78.8 Å². The van der Waals surface area contributed by atoms with E-state index < -0.39 is 0 Å². The van der Waals surface area contributed by atoms with Crippen molar-refractivity contribution in [1.29, 1.82) is 0 Å². The van der Waals surface area contributed by atoms with Gasteiger partial charge in [0.25, 0.3) is 5.91 Å². The van der Waals surface area contributed by atoms with Crippen molar-refractivity contribution in [3.63, 3.8) is 0 Å². The van der Waals surface area contributed by atoms with E-state index in [1.165, 1.54) is 0 Å². The second kappa shape index (κ2) is 7.61. The third-order valence-electron chi connectivity index (χ3n) is 4.56. The lowest BCUT2D eigenvalue weighted by Gasteiger charge is -2.22. The summed E-state index contributed by atoms with van der Waals surface area (Å²) in [4.78, 5) is 24.3. The highest BCUT2D eigenvalue weighted by molar-refractivity contribution is 6.05. The largest absolute Gasteiger partial charge is 0.493 e. The molecule has 0 saturated carbocycles. The van der Waals surface area contributed by atoms with Crippen LogP contribution >= 0.6 is 0 Å². The van der Waals surface area contributed by atoms with Gasteiger partial charge in [-0.15, -0.1) is 0 Å². The molecule has 7 heteroatoms. The van der Waals surface area contributed by atoms with Crippen LogP contribution in [0.15, 0.2) is 18.3 Å². The van der Waals surface area contributed by atoms with Crippen molar-refractivity contribution < 1.29 is 23.8 Å². The van der Waals surface area contributed by atoms with E-state index in [1.807, 2.05) is 16.7 Å². The first-order chi connectivity index (χ1) is 12.6. The maximum absolute atomic E-state index is 12.5. The van der Waals surface area contributed by atoms with Crippen LogP contribution < -0.4 is 14.8 Å². The molecule has 2 heterocycles. The average Bonchev–Trinajstić information content (AvgIpc) is 3.06. The molecular formula is C19H22N2O5. The lowest BCUT2D eigenvalue weighted by Crippen LogP contribution is -2.27. The summed E-state index contributed by atoms with van der Waals surface area (Å²) in [6.45, 7) is 1.48. The summed E-state index contributed by atoms with van der Waals surface area (Å²) < 4.78 is 17.7. The first-order valence-corrected chi connectivity index (χ1v) is 8.35. The van der Waals surface area contributed by atoms with Gasteiger partial charge < -0.3 is 24.1 Å². The number of carbonyl (C=O) groups excluding carboxylic acids is 2. The Morgan fingerprint density at radius 2 is 1.96 bits per heavy atom. The van der Waals surface area contributed by atoms with Crippen LogP contribution in [-0.4, -0.2) is 51.2 Å². The zero-order valence-corrected chi connectivity index (χ0v) is 15.1. The molecular weight excluding hydrogens is 336 g/mol. The van der Waals surface area contributed by atoms with E-state index in [1.54, 1.807) is 27.5 Å². The summed E-state index contributed by atoms with van der Waals surface area (Å²) in [5.74, 6) is 0.952. The van der Waals surface area contributed by atoms with E-state index in [4.69, 9.17) is 14.2 Å². The summed E-state index contributed by atoms with van der Waals surface area (Å²) in [6.07, 6.45) is 3.25. The van der Waals surface area contributed by atoms with Crippen molar-refractivity contribution in [2.45, 2.75) is 13.0 Å². The molecule has 1 N–H and O–H groups in total. The molecule has 0 aliphatic carbocycles. The highest BCUT2D eigenvalue weighted by Gasteiger charge is 2.27. The minimum atomic E-state index is -0.284. The minimum absolute atomic E-state index is 0.284. The number of ether oxygens (including phenoxy) is 3. The van der Waals surface area contributed by atoms with Gasteiger partial charge in [-0.1, -0.05) is 0 Å². The highest BCUT2D eigenvalue weighted by Crippen LogP contribution is 2.40. The van der Waals surface area contributed by atoms with Gasteiger partial charge in [-0.05, 0) is 24.1 Å². The molecule has 0 atom stereocenters. The van der Waals surface area contributed by atoms with Gasteiger partial charge in [-0.25, -0.2) is 0 Å². The quantitative estimate of drug-likeness (QED) is 0.604. The third-order valence-corrected chi connectivity index (χ3v) is 4.56. The Hall–Kier alpha value is -2.80. The molecule has 0 spiro atoms. The normalized spacial score (nSPS) is 12.1. The number of aromatic nitrogens is 1. The lowest BCUT2D eigenvalue weighted by molar-refractivity contribution is 0.0932. The van der Waals surface area contributed by atoms with Crippen LogP contribution in [0, 0.1) is 0 Å². The monoisotopic (exact) mass is 358 g/mol. The third kappa shape index (κ3) is 3.06.